The van der Waals surface area contributed by atoms with Crippen molar-refractivity contribution in [2.45, 2.75) is 45.3 Å². The highest BCUT2D eigenvalue weighted by Gasteiger charge is 2.26. The lowest BCUT2D eigenvalue weighted by Crippen LogP contribution is -2.45. The van der Waals surface area contributed by atoms with Crippen molar-refractivity contribution in [3.8, 4) is 11.1 Å². The van der Waals surface area contributed by atoms with Gasteiger partial charge in [0.25, 0.3) is 0 Å². The molecule has 5 rings (SSSR count). The third-order valence-electron chi connectivity index (χ3n) is 6.15. The van der Waals surface area contributed by atoms with Gasteiger partial charge in [0.15, 0.2) is 0 Å². The molecule has 32 heavy (non-hydrogen) atoms. The third-order valence-corrected chi connectivity index (χ3v) is 6.15. The van der Waals surface area contributed by atoms with Gasteiger partial charge in [-0.25, -0.2) is 0 Å². The van der Waals surface area contributed by atoms with Gasteiger partial charge in [0.05, 0.1) is 12.0 Å². The number of rotatable bonds is 5. The number of halogens is 2. The van der Waals surface area contributed by atoms with Crippen LogP contribution in [0.15, 0.2) is 63.7 Å². The van der Waals surface area contributed by atoms with Crippen LogP contribution in [-0.4, -0.2) is 17.7 Å². The van der Waals surface area contributed by atoms with Gasteiger partial charge < -0.3 is 19.6 Å². The minimum Gasteiger partial charge on any atom is -0.464 e. The van der Waals surface area contributed by atoms with E-state index in [1.165, 1.54) is 17.5 Å². The summed E-state index contributed by atoms with van der Waals surface area (Å²) in [7, 11) is 0. The van der Waals surface area contributed by atoms with Crippen molar-refractivity contribution < 1.29 is 8.94 Å². The highest BCUT2D eigenvalue weighted by Crippen LogP contribution is 2.34. The van der Waals surface area contributed by atoms with E-state index in [-0.39, 0.29) is 24.8 Å². The lowest BCUT2D eigenvalue weighted by Gasteiger charge is -2.34. The highest BCUT2D eigenvalue weighted by atomic mass is 35.5. The number of piperidine rings is 1. The molecule has 5 nitrogen and oxygen atoms in total. The molecule has 2 N–H and O–H groups in total. The average Bonchev–Trinajstić information content (AvgIpc) is 3.37. The fourth-order valence-corrected chi connectivity index (χ4v) is 4.66. The van der Waals surface area contributed by atoms with Crippen molar-refractivity contribution in [1.82, 2.24) is 15.8 Å². The van der Waals surface area contributed by atoms with Crippen LogP contribution in [0.1, 0.15) is 41.5 Å². The molecule has 0 bridgehead atoms. The zero-order valence-corrected chi connectivity index (χ0v) is 19.9. The Morgan fingerprint density at radius 3 is 2.66 bits per heavy atom. The van der Waals surface area contributed by atoms with E-state index in [9.17, 15) is 0 Å². The number of hydrogen-bond acceptors (Lipinski definition) is 5. The molecule has 0 unspecified atom stereocenters. The lowest BCUT2D eigenvalue weighted by molar-refractivity contribution is 0.305. The molecule has 0 aliphatic carbocycles. The maximum Gasteiger partial charge on any atom is 0.141 e. The van der Waals surface area contributed by atoms with Gasteiger partial charge in [0.1, 0.15) is 11.3 Å². The molecule has 2 atom stereocenters. The monoisotopic (exact) mass is 473 g/mol. The van der Waals surface area contributed by atoms with Crippen LogP contribution in [0.2, 0.25) is 0 Å². The second-order valence-corrected chi connectivity index (χ2v) is 8.14. The summed E-state index contributed by atoms with van der Waals surface area (Å²) in [6.45, 7) is 5.79. The highest BCUT2D eigenvalue weighted by molar-refractivity contribution is 5.86. The van der Waals surface area contributed by atoms with E-state index in [1.54, 1.807) is 6.26 Å². The van der Waals surface area contributed by atoms with Gasteiger partial charge in [-0.05, 0) is 68.1 Å². The molecule has 0 radical (unpaired) electrons. The lowest BCUT2D eigenvalue weighted by atomic mass is 9.91. The minimum atomic E-state index is 0. The Morgan fingerprint density at radius 1 is 1.09 bits per heavy atom. The molecular formula is C25H29Cl2N3O2. The van der Waals surface area contributed by atoms with Crippen LogP contribution in [0.5, 0.6) is 0 Å². The predicted octanol–water partition coefficient (Wildman–Crippen LogP) is 6.13. The van der Waals surface area contributed by atoms with Gasteiger partial charge >= 0.3 is 0 Å². The fourth-order valence-electron chi connectivity index (χ4n) is 4.66. The topological polar surface area (TPSA) is 63.2 Å². The molecule has 2 aromatic heterocycles. The quantitative estimate of drug-likeness (QED) is 0.364. The Kier molecular flexibility index (Phi) is 8.01. The van der Waals surface area contributed by atoms with Crippen molar-refractivity contribution in [3.05, 3.63) is 77.4 Å². The van der Waals surface area contributed by atoms with Crippen LogP contribution in [-0.2, 0) is 6.54 Å². The second kappa shape index (κ2) is 10.5. The Labute approximate surface area is 200 Å². The molecule has 1 aliphatic rings. The van der Waals surface area contributed by atoms with Gasteiger partial charge in [0, 0.05) is 29.6 Å². The van der Waals surface area contributed by atoms with Crippen molar-refractivity contribution in [3.63, 3.8) is 0 Å². The van der Waals surface area contributed by atoms with Crippen LogP contribution < -0.4 is 10.6 Å². The first kappa shape index (κ1) is 24.3. The van der Waals surface area contributed by atoms with Gasteiger partial charge in [-0.1, -0.05) is 35.5 Å². The van der Waals surface area contributed by atoms with E-state index in [0.717, 1.165) is 53.1 Å². The van der Waals surface area contributed by atoms with Crippen LogP contribution >= 0.6 is 24.8 Å². The molecule has 7 heteroatoms. The van der Waals surface area contributed by atoms with Gasteiger partial charge in [-0.3, -0.25) is 0 Å². The molecule has 1 fully saturated rings. The predicted molar refractivity (Wildman–Crippen MR) is 133 cm³/mol. The van der Waals surface area contributed by atoms with E-state index in [2.05, 4.69) is 58.3 Å². The maximum atomic E-state index is 5.69. The first-order chi connectivity index (χ1) is 14.7. The first-order valence-electron chi connectivity index (χ1n) is 10.7. The van der Waals surface area contributed by atoms with E-state index >= 15 is 0 Å². The summed E-state index contributed by atoms with van der Waals surface area (Å²) in [5.41, 5.74) is 6.59. The normalized spacial score (nSPS) is 18.2. The number of aromatic nitrogens is 1. The summed E-state index contributed by atoms with van der Waals surface area (Å²) in [6, 6.07) is 17.7. The van der Waals surface area contributed by atoms with Gasteiger partial charge in [0.2, 0.25) is 0 Å². The maximum absolute atomic E-state index is 5.69. The average molecular weight is 474 g/mol. The zero-order valence-electron chi connectivity index (χ0n) is 18.3. The fraction of sp³-hybridized carbons (Fsp3) is 0.320. The Balaban J connectivity index is 0.00000144. The van der Waals surface area contributed by atoms with Crippen molar-refractivity contribution in [2.24, 2.45) is 0 Å². The third kappa shape index (κ3) is 4.71. The summed E-state index contributed by atoms with van der Waals surface area (Å²) >= 11 is 0. The number of nitrogens with one attached hydrogen (secondary N) is 2. The Morgan fingerprint density at radius 2 is 1.91 bits per heavy atom. The molecule has 0 amide bonds. The minimum absolute atomic E-state index is 0. The van der Waals surface area contributed by atoms with Crippen LogP contribution in [0, 0.1) is 13.8 Å². The largest absolute Gasteiger partial charge is 0.464 e. The van der Waals surface area contributed by atoms with E-state index < -0.39 is 0 Å². The molecule has 0 saturated carbocycles. The van der Waals surface area contributed by atoms with Crippen molar-refractivity contribution >= 4 is 35.8 Å². The number of hydrogen-bond donors (Lipinski definition) is 2. The van der Waals surface area contributed by atoms with Gasteiger partial charge in [-0.15, -0.1) is 24.8 Å². The number of aryl methyl sites for hydroxylation is 2. The molecule has 1 saturated heterocycles. The van der Waals surface area contributed by atoms with Crippen LogP contribution in [0.3, 0.4) is 0 Å². The number of fused-ring (bicyclic) bond motifs is 1. The summed E-state index contributed by atoms with van der Waals surface area (Å²) in [5, 5.41) is 12.8. The smallest absolute Gasteiger partial charge is 0.141 e. The summed E-state index contributed by atoms with van der Waals surface area (Å²) in [4.78, 5) is 0. The number of benzene rings is 2. The first-order valence-corrected chi connectivity index (χ1v) is 10.7. The summed E-state index contributed by atoms with van der Waals surface area (Å²) in [5.74, 6) is 0.845. The standard InChI is InChI=1S/C25H27N3O2.2ClH/c1-16-24(17(2)30-28-16)21-13-19-10-12-29-23(19)14-20(21)15-27-22-9-6-11-26-25(22)18-7-4-3-5-8-18;;/h3-5,7-8,10,12-14,22,25-27H,6,9,11,15H2,1-2H3;2*1H/t22-,25-;;/m0../s1. The van der Waals surface area contributed by atoms with Crippen molar-refractivity contribution in [1.29, 1.82) is 0 Å². The van der Waals surface area contributed by atoms with E-state index in [1.807, 2.05) is 19.9 Å². The van der Waals surface area contributed by atoms with Crippen LogP contribution in [0.4, 0.5) is 0 Å². The van der Waals surface area contributed by atoms with Gasteiger partial charge in [-0.2, -0.15) is 0 Å². The van der Waals surface area contributed by atoms with Crippen LogP contribution in [0.25, 0.3) is 22.1 Å². The molecule has 2 aromatic carbocycles. The van der Waals surface area contributed by atoms with E-state index in [0.29, 0.717) is 12.1 Å². The summed E-state index contributed by atoms with van der Waals surface area (Å²) in [6.07, 6.45) is 4.07. The zero-order chi connectivity index (χ0) is 20.5. The molecular weight excluding hydrogens is 445 g/mol. The second-order valence-electron chi connectivity index (χ2n) is 8.14. The molecule has 170 valence electrons. The molecule has 4 aromatic rings. The number of nitrogens with zero attached hydrogens (tertiary/aromatic N) is 1. The van der Waals surface area contributed by atoms with E-state index in [4.69, 9.17) is 8.94 Å². The SMILES string of the molecule is Cc1noc(C)c1-c1cc2ccoc2cc1CN[C@H]1CCCN[C@H]1c1ccccc1.Cl.Cl. The molecule has 0 spiro atoms. The Hall–Kier alpha value is -2.31. The summed E-state index contributed by atoms with van der Waals surface area (Å²) < 4.78 is 11.2. The number of furan rings is 1. The van der Waals surface area contributed by atoms with Crippen molar-refractivity contribution in [2.75, 3.05) is 6.54 Å². The molecule has 3 heterocycles. The Bertz CT molecular complexity index is 1140. The molecule has 1 aliphatic heterocycles.